The smallest absolute Gasteiger partial charge is 0.295 e. The van der Waals surface area contributed by atoms with Crippen LogP contribution in [0.5, 0.6) is 5.75 Å². The molecule has 1 aliphatic rings. The van der Waals surface area contributed by atoms with Gasteiger partial charge in [0.25, 0.3) is 5.91 Å². The van der Waals surface area contributed by atoms with E-state index < -0.39 is 27.5 Å². The number of hydrogen-bond donors (Lipinski definition) is 1. The number of ether oxygens (including phenoxy) is 1. The maximum absolute atomic E-state index is 13.6. The van der Waals surface area contributed by atoms with Crippen molar-refractivity contribution in [3.05, 3.63) is 101 Å². The number of nitrogens with zero attached hydrogens (tertiary/aromatic N) is 1. The first-order chi connectivity index (χ1) is 15.3. The molecule has 7 heteroatoms. The minimum atomic E-state index is -4.16. The Hall–Kier alpha value is -3.58. The molecule has 1 heterocycles. The number of carbonyl (C=O) groups is 1. The first-order valence-electron chi connectivity index (χ1n) is 10.2. The van der Waals surface area contributed by atoms with Gasteiger partial charge >= 0.3 is 0 Å². The van der Waals surface area contributed by atoms with Crippen LogP contribution in [0, 0.1) is 6.92 Å². The van der Waals surface area contributed by atoms with E-state index in [1.807, 2.05) is 13.8 Å². The van der Waals surface area contributed by atoms with Crippen LogP contribution in [0.4, 0.5) is 5.69 Å². The molecule has 1 N–H and O–H groups in total. The Balaban J connectivity index is 1.89. The molecule has 0 unspecified atom stereocenters. The molecule has 32 heavy (non-hydrogen) atoms. The van der Waals surface area contributed by atoms with E-state index in [0.29, 0.717) is 23.6 Å². The fourth-order valence-electron chi connectivity index (χ4n) is 3.77. The summed E-state index contributed by atoms with van der Waals surface area (Å²) in [5.74, 6) is -0.905. The summed E-state index contributed by atoms with van der Waals surface area (Å²) in [5.41, 5.74) is 1.93. The largest absolute Gasteiger partial charge is 0.502 e. The number of carbonyl (C=O) groups excluding carboxylic acids is 1. The Morgan fingerprint density at radius 1 is 0.938 bits per heavy atom. The SMILES string of the molecule is CCOc1ccc([C@@H]2C(S(=O)(=O)c3ccc(C)cc3)=C(O)C(=O)N2c2ccccc2)cc1. The van der Waals surface area contributed by atoms with Crippen molar-refractivity contribution in [1.82, 2.24) is 0 Å². The molecule has 1 atom stereocenters. The predicted molar refractivity (Wildman–Crippen MR) is 122 cm³/mol. The van der Waals surface area contributed by atoms with Crippen molar-refractivity contribution < 1.29 is 23.1 Å². The third-order valence-corrected chi connectivity index (χ3v) is 7.21. The lowest BCUT2D eigenvalue weighted by molar-refractivity contribution is -0.117. The summed E-state index contributed by atoms with van der Waals surface area (Å²) in [7, 11) is -4.16. The average molecular weight is 450 g/mol. The Kier molecular flexibility index (Phi) is 5.76. The van der Waals surface area contributed by atoms with Gasteiger partial charge < -0.3 is 9.84 Å². The zero-order chi connectivity index (χ0) is 22.9. The molecule has 164 valence electrons. The van der Waals surface area contributed by atoms with Crippen molar-refractivity contribution in [2.75, 3.05) is 11.5 Å². The van der Waals surface area contributed by atoms with E-state index in [-0.39, 0.29) is 9.80 Å². The highest BCUT2D eigenvalue weighted by Gasteiger charge is 2.47. The molecule has 0 radical (unpaired) electrons. The lowest BCUT2D eigenvalue weighted by atomic mass is 10.1. The van der Waals surface area contributed by atoms with E-state index in [0.717, 1.165) is 5.56 Å². The third kappa shape index (κ3) is 3.76. The van der Waals surface area contributed by atoms with E-state index in [1.54, 1.807) is 66.7 Å². The molecular weight excluding hydrogens is 426 g/mol. The highest BCUT2D eigenvalue weighted by molar-refractivity contribution is 7.95. The van der Waals surface area contributed by atoms with Gasteiger partial charge in [0, 0.05) is 5.69 Å². The van der Waals surface area contributed by atoms with Crippen LogP contribution >= 0.6 is 0 Å². The van der Waals surface area contributed by atoms with Gasteiger partial charge in [-0.2, -0.15) is 0 Å². The zero-order valence-corrected chi connectivity index (χ0v) is 18.5. The van der Waals surface area contributed by atoms with E-state index in [2.05, 4.69) is 0 Å². The van der Waals surface area contributed by atoms with Gasteiger partial charge in [-0.25, -0.2) is 8.42 Å². The van der Waals surface area contributed by atoms with E-state index in [1.165, 1.54) is 17.0 Å². The second-order valence-electron chi connectivity index (χ2n) is 7.44. The van der Waals surface area contributed by atoms with Gasteiger partial charge in [-0.1, -0.05) is 48.0 Å². The van der Waals surface area contributed by atoms with E-state index >= 15 is 0 Å². The quantitative estimate of drug-likeness (QED) is 0.588. The number of para-hydroxylation sites is 1. The molecule has 1 amide bonds. The third-order valence-electron chi connectivity index (χ3n) is 5.32. The number of rotatable bonds is 6. The predicted octanol–water partition coefficient (Wildman–Crippen LogP) is 4.73. The average Bonchev–Trinajstić information content (AvgIpc) is 3.06. The Labute approximate surface area is 187 Å². The van der Waals surface area contributed by atoms with Gasteiger partial charge in [0.15, 0.2) is 5.76 Å². The summed E-state index contributed by atoms with van der Waals surface area (Å²) >= 11 is 0. The molecule has 0 bridgehead atoms. The first-order valence-corrected chi connectivity index (χ1v) is 11.7. The van der Waals surface area contributed by atoms with Crippen LogP contribution in [0.1, 0.15) is 24.1 Å². The standard InChI is InChI=1S/C25H23NO5S/c1-3-31-20-13-11-18(12-14-20)22-24(32(29,30)21-15-9-17(2)10-16-21)23(27)25(28)26(22)19-7-5-4-6-8-19/h4-16,22,27H,3H2,1-2H3/t22-/m1/s1. The van der Waals surface area contributed by atoms with Gasteiger partial charge in [0.05, 0.1) is 11.5 Å². The number of aryl methyl sites for hydroxylation is 1. The van der Waals surface area contributed by atoms with Gasteiger partial charge in [-0.15, -0.1) is 0 Å². The molecule has 1 aliphatic heterocycles. The highest BCUT2D eigenvalue weighted by atomic mass is 32.2. The van der Waals surface area contributed by atoms with Crippen molar-refractivity contribution in [2.24, 2.45) is 0 Å². The van der Waals surface area contributed by atoms with Crippen molar-refractivity contribution in [2.45, 2.75) is 24.8 Å². The maximum atomic E-state index is 13.6. The van der Waals surface area contributed by atoms with Crippen LogP contribution in [0.25, 0.3) is 0 Å². The number of aliphatic hydroxyl groups excluding tert-OH is 1. The molecule has 6 nitrogen and oxygen atoms in total. The molecule has 3 aromatic carbocycles. The summed E-state index contributed by atoms with van der Waals surface area (Å²) in [4.78, 5) is 14.1. The van der Waals surface area contributed by atoms with Crippen LogP contribution in [0.3, 0.4) is 0 Å². The monoisotopic (exact) mass is 449 g/mol. The minimum Gasteiger partial charge on any atom is -0.502 e. The highest BCUT2D eigenvalue weighted by Crippen LogP contribution is 2.45. The molecule has 0 spiro atoms. The Morgan fingerprint density at radius 3 is 2.16 bits per heavy atom. The van der Waals surface area contributed by atoms with Crippen molar-refractivity contribution in [1.29, 1.82) is 0 Å². The molecule has 4 rings (SSSR count). The molecule has 0 saturated carbocycles. The Morgan fingerprint density at radius 2 is 1.56 bits per heavy atom. The Bertz CT molecular complexity index is 1260. The molecule has 0 saturated heterocycles. The molecule has 0 fully saturated rings. The van der Waals surface area contributed by atoms with E-state index in [4.69, 9.17) is 4.74 Å². The second kappa shape index (κ2) is 8.51. The summed E-state index contributed by atoms with van der Waals surface area (Å²) in [5, 5.41) is 10.8. The number of benzene rings is 3. The fourth-order valence-corrected chi connectivity index (χ4v) is 5.40. The lowest BCUT2D eigenvalue weighted by Gasteiger charge is -2.27. The number of anilines is 1. The van der Waals surface area contributed by atoms with Gasteiger partial charge in [-0.3, -0.25) is 9.69 Å². The number of hydrogen-bond acceptors (Lipinski definition) is 5. The van der Waals surface area contributed by atoms with Gasteiger partial charge in [0.1, 0.15) is 16.7 Å². The van der Waals surface area contributed by atoms with Gasteiger partial charge in [-0.05, 0) is 55.8 Å². The fraction of sp³-hybridized carbons (Fsp3) is 0.160. The molecule has 0 aliphatic carbocycles. The summed E-state index contributed by atoms with van der Waals surface area (Å²) < 4.78 is 32.7. The summed E-state index contributed by atoms with van der Waals surface area (Å²) in [6.07, 6.45) is 0. The zero-order valence-electron chi connectivity index (χ0n) is 17.7. The van der Waals surface area contributed by atoms with Gasteiger partial charge in [0.2, 0.25) is 9.84 Å². The summed E-state index contributed by atoms with van der Waals surface area (Å²) in [6.45, 7) is 4.21. The maximum Gasteiger partial charge on any atom is 0.295 e. The van der Waals surface area contributed by atoms with Crippen molar-refractivity contribution in [3.8, 4) is 5.75 Å². The van der Waals surface area contributed by atoms with Crippen molar-refractivity contribution >= 4 is 21.4 Å². The van der Waals surface area contributed by atoms with Crippen molar-refractivity contribution in [3.63, 3.8) is 0 Å². The number of amides is 1. The number of sulfone groups is 1. The minimum absolute atomic E-state index is 0.0169. The lowest BCUT2D eigenvalue weighted by Crippen LogP contribution is -2.31. The van der Waals surface area contributed by atoms with E-state index in [9.17, 15) is 18.3 Å². The molecule has 3 aromatic rings. The van der Waals surface area contributed by atoms with Crippen LogP contribution in [0.2, 0.25) is 0 Å². The van der Waals surface area contributed by atoms with Crippen LogP contribution in [-0.2, 0) is 14.6 Å². The molecule has 0 aromatic heterocycles. The normalized spacial score (nSPS) is 16.5. The van der Waals surface area contributed by atoms with Crippen LogP contribution in [-0.4, -0.2) is 26.0 Å². The summed E-state index contributed by atoms with van der Waals surface area (Å²) in [6, 6.07) is 20.9. The molecular formula is C25H23NO5S. The topological polar surface area (TPSA) is 83.9 Å². The first kappa shape index (κ1) is 21.6. The van der Waals surface area contributed by atoms with Crippen LogP contribution < -0.4 is 9.64 Å². The second-order valence-corrected chi connectivity index (χ2v) is 9.36. The number of aliphatic hydroxyl groups is 1. The van der Waals surface area contributed by atoms with Crippen LogP contribution in [0.15, 0.2) is 94.4 Å².